The van der Waals surface area contributed by atoms with Crippen molar-refractivity contribution in [2.75, 3.05) is 14.2 Å². The number of carbonyl (C=O) groups is 1. The van der Waals surface area contributed by atoms with Crippen molar-refractivity contribution in [3.63, 3.8) is 0 Å². The molecule has 2 N–H and O–H groups in total. The van der Waals surface area contributed by atoms with Crippen molar-refractivity contribution < 1.29 is 27.8 Å². The maximum Gasteiger partial charge on any atom is 0.323 e. The normalized spacial score (nSPS) is 12.3. The van der Waals surface area contributed by atoms with E-state index in [4.69, 9.17) is 9.47 Å². The summed E-state index contributed by atoms with van der Waals surface area (Å²) < 4.78 is 40.4. The van der Waals surface area contributed by atoms with Crippen LogP contribution >= 0.6 is 0 Å². The zero-order chi connectivity index (χ0) is 29.9. The molecule has 1 atom stereocenters. The Morgan fingerprint density at radius 2 is 1.62 bits per heavy atom. The van der Waals surface area contributed by atoms with E-state index in [2.05, 4.69) is 5.32 Å². The summed E-state index contributed by atoms with van der Waals surface area (Å²) >= 11 is 0. The zero-order valence-corrected chi connectivity index (χ0v) is 24.4. The Labute approximate surface area is 245 Å². The van der Waals surface area contributed by atoms with Gasteiger partial charge in [0.2, 0.25) is 0 Å². The third-order valence-electron chi connectivity index (χ3n) is 7.25. The highest BCUT2D eigenvalue weighted by atomic mass is 32.2. The second kappa shape index (κ2) is 12.1. The number of para-hydroxylation sites is 1. The van der Waals surface area contributed by atoms with Crippen LogP contribution in [0.25, 0.3) is 22.2 Å². The van der Waals surface area contributed by atoms with Crippen molar-refractivity contribution in [1.82, 2.24) is 9.29 Å². The molecule has 216 valence electrons. The first-order valence-corrected chi connectivity index (χ1v) is 14.9. The molecular formula is C33H32N2O6S. The Morgan fingerprint density at radius 3 is 2.29 bits per heavy atom. The number of ether oxygens (including phenoxy) is 2. The van der Waals surface area contributed by atoms with Gasteiger partial charge in [-0.25, -0.2) is 12.4 Å². The van der Waals surface area contributed by atoms with Crippen molar-refractivity contribution in [1.29, 1.82) is 0 Å². The summed E-state index contributed by atoms with van der Waals surface area (Å²) in [6.07, 6.45) is 0.0945. The summed E-state index contributed by atoms with van der Waals surface area (Å²) in [4.78, 5) is 13.2. The number of phenols is 1. The van der Waals surface area contributed by atoms with E-state index in [1.807, 2.05) is 49.4 Å². The molecule has 5 rings (SSSR count). The fourth-order valence-corrected chi connectivity index (χ4v) is 6.64. The molecule has 9 heteroatoms. The van der Waals surface area contributed by atoms with E-state index in [1.54, 1.807) is 48.5 Å². The number of carbonyl (C=O) groups excluding carboxylic acids is 1. The van der Waals surface area contributed by atoms with Crippen molar-refractivity contribution >= 4 is 26.9 Å². The van der Waals surface area contributed by atoms with Gasteiger partial charge in [0.1, 0.15) is 17.5 Å². The molecule has 0 saturated heterocycles. The minimum Gasteiger partial charge on any atom is -0.507 e. The first kappa shape index (κ1) is 28.9. The van der Waals surface area contributed by atoms with Crippen LogP contribution in [0, 0.1) is 6.92 Å². The number of nitrogens with zero attached hydrogens (tertiary/aromatic N) is 1. The molecule has 0 aliphatic rings. The lowest BCUT2D eigenvalue weighted by molar-refractivity contribution is -0.143. The molecule has 8 nitrogen and oxygen atoms in total. The van der Waals surface area contributed by atoms with Gasteiger partial charge >= 0.3 is 5.97 Å². The topological polar surface area (TPSA) is 107 Å². The molecule has 0 saturated carbocycles. The van der Waals surface area contributed by atoms with Crippen molar-refractivity contribution in [3.8, 4) is 22.8 Å². The molecule has 1 heterocycles. The first-order valence-electron chi connectivity index (χ1n) is 13.4. The third kappa shape index (κ3) is 5.61. The summed E-state index contributed by atoms with van der Waals surface area (Å²) in [5.74, 6) is -0.238. The number of hydrogen-bond acceptors (Lipinski definition) is 7. The number of hydrogen-bond donors (Lipinski definition) is 2. The number of methoxy groups -OCH3 is 2. The minimum atomic E-state index is -4.15. The highest BCUT2D eigenvalue weighted by molar-refractivity contribution is 7.90. The fourth-order valence-electron chi connectivity index (χ4n) is 5.08. The van der Waals surface area contributed by atoms with Gasteiger partial charge in [0.15, 0.2) is 0 Å². The van der Waals surface area contributed by atoms with Crippen LogP contribution in [0.15, 0.2) is 102 Å². The number of aryl methyl sites for hydroxylation is 1. The number of aromatic nitrogens is 1. The maximum atomic E-state index is 14.3. The zero-order valence-electron chi connectivity index (χ0n) is 23.6. The van der Waals surface area contributed by atoms with Crippen LogP contribution in [0.2, 0.25) is 0 Å². The molecule has 0 unspecified atom stereocenters. The quantitative estimate of drug-likeness (QED) is 0.211. The number of benzene rings is 4. The van der Waals surface area contributed by atoms with Crippen LogP contribution in [0.3, 0.4) is 0 Å². The molecule has 0 spiro atoms. The Balaban J connectivity index is 1.75. The number of rotatable bonds is 10. The first-order chi connectivity index (χ1) is 20.2. The number of nitrogens with one attached hydrogen (secondary N) is 1. The molecule has 0 aliphatic carbocycles. The summed E-state index contributed by atoms with van der Waals surface area (Å²) in [6.45, 7) is 2.28. The highest BCUT2D eigenvalue weighted by Gasteiger charge is 2.31. The molecule has 0 bridgehead atoms. The second-order valence-electron chi connectivity index (χ2n) is 9.96. The predicted octanol–water partition coefficient (Wildman–Crippen LogP) is 5.44. The largest absolute Gasteiger partial charge is 0.507 e. The Hall–Kier alpha value is -4.60. The van der Waals surface area contributed by atoms with Crippen LogP contribution in [0.1, 0.15) is 16.7 Å². The second-order valence-corrected chi connectivity index (χ2v) is 11.7. The average molecular weight is 585 g/mol. The summed E-state index contributed by atoms with van der Waals surface area (Å²) in [5.41, 5.74) is 3.42. The number of fused-ring (bicyclic) bond motifs is 1. The lowest BCUT2D eigenvalue weighted by Gasteiger charge is -2.19. The minimum absolute atomic E-state index is 0.0945. The fraction of sp³-hybridized carbons (Fsp3) is 0.182. The Morgan fingerprint density at radius 1 is 0.929 bits per heavy atom. The van der Waals surface area contributed by atoms with E-state index in [1.165, 1.54) is 24.3 Å². The van der Waals surface area contributed by atoms with Crippen LogP contribution in [-0.2, 0) is 32.5 Å². The van der Waals surface area contributed by atoms with Gasteiger partial charge in [-0.05, 0) is 48.4 Å². The highest BCUT2D eigenvalue weighted by Crippen LogP contribution is 2.42. The lowest BCUT2D eigenvalue weighted by atomic mass is 9.98. The number of esters is 1. The molecule has 0 fully saturated rings. The Kier molecular flexibility index (Phi) is 8.33. The van der Waals surface area contributed by atoms with Gasteiger partial charge in [0, 0.05) is 30.0 Å². The van der Waals surface area contributed by atoms with E-state index < -0.39 is 22.0 Å². The van der Waals surface area contributed by atoms with Gasteiger partial charge in [-0.3, -0.25) is 4.79 Å². The number of phenolic OH excluding ortho intramolecular Hbond substituents is 1. The summed E-state index contributed by atoms with van der Waals surface area (Å²) in [5, 5.41) is 15.1. The average Bonchev–Trinajstić information content (AvgIpc) is 3.33. The van der Waals surface area contributed by atoms with Crippen LogP contribution in [-0.4, -0.2) is 43.7 Å². The molecule has 0 aliphatic heterocycles. The van der Waals surface area contributed by atoms with Crippen molar-refractivity contribution in [3.05, 3.63) is 114 Å². The van der Waals surface area contributed by atoms with Crippen LogP contribution in [0.5, 0.6) is 11.5 Å². The van der Waals surface area contributed by atoms with Gasteiger partial charge in [0.25, 0.3) is 10.0 Å². The smallest absolute Gasteiger partial charge is 0.323 e. The molecule has 42 heavy (non-hydrogen) atoms. The van der Waals surface area contributed by atoms with Gasteiger partial charge in [-0.1, -0.05) is 66.2 Å². The van der Waals surface area contributed by atoms with E-state index >= 15 is 0 Å². The molecule has 0 amide bonds. The molecule has 4 aromatic carbocycles. The van der Waals surface area contributed by atoms with E-state index in [-0.39, 0.29) is 28.3 Å². The standard InChI is InChI=1S/C33H32N2O6S/c1-22-13-16-25(17-14-22)42(38,39)35-30-12-8-7-11-26(30)28(32(35)27-18-15-24(40-2)19-31(27)36)20-29(33(37)41-3)34-21-23-9-5-4-6-10-23/h4-19,29,34,36H,20-21H2,1-3H3/t29-/m0/s1. The molecule has 0 radical (unpaired) electrons. The van der Waals surface area contributed by atoms with Gasteiger partial charge in [0.05, 0.1) is 30.3 Å². The molecule has 1 aromatic heterocycles. The van der Waals surface area contributed by atoms with Gasteiger partial charge < -0.3 is 19.9 Å². The van der Waals surface area contributed by atoms with Crippen molar-refractivity contribution in [2.24, 2.45) is 0 Å². The number of aromatic hydroxyl groups is 1. The van der Waals surface area contributed by atoms with Crippen molar-refractivity contribution in [2.45, 2.75) is 30.8 Å². The summed E-state index contributed by atoms with van der Waals surface area (Å²) in [6, 6.07) is 27.3. The summed E-state index contributed by atoms with van der Waals surface area (Å²) in [7, 11) is -1.35. The van der Waals surface area contributed by atoms with E-state index in [0.717, 1.165) is 11.1 Å². The monoisotopic (exact) mass is 584 g/mol. The Bertz CT molecular complexity index is 1830. The van der Waals surface area contributed by atoms with Crippen LogP contribution in [0.4, 0.5) is 0 Å². The van der Waals surface area contributed by atoms with Gasteiger partial charge in [-0.2, -0.15) is 0 Å². The van der Waals surface area contributed by atoms with E-state index in [9.17, 15) is 18.3 Å². The third-order valence-corrected chi connectivity index (χ3v) is 8.97. The van der Waals surface area contributed by atoms with Gasteiger partial charge in [-0.15, -0.1) is 0 Å². The maximum absolute atomic E-state index is 14.3. The SMILES string of the molecule is COC(=O)[C@H](Cc1c(-c2ccc(OC)cc2O)n(S(=O)(=O)c2ccc(C)cc2)c2ccccc12)NCc1ccccc1. The lowest BCUT2D eigenvalue weighted by Crippen LogP contribution is -2.39. The molecular weight excluding hydrogens is 552 g/mol. The predicted molar refractivity (Wildman–Crippen MR) is 162 cm³/mol. The van der Waals surface area contributed by atoms with E-state index in [0.29, 0.717) is 28.8 Å². The molecule has 5 aromatic rings. The van der Waals surface area contributed by atoms with Crippen LogP contribution < -0.4 is 10.1 Å².